The minimum atomic E-state index is -4.27. The molecule has 2 fully saturated rings. The highest BCUT2D eigenvalue weighted by molar-refractivity contribution is 7.87. The Balaban J connectivity index is 0.933. The Morgan fingerprint density at radius 3 is 2.56 bits per heavy atom. The van der Waals surface area contributed by atoms with E-state index in [1.165, 1.54) is 16.2 Å². The van der Waals surface area contributed by atoms with Gasteiger partial charge in [-0.3, -0.25) is 9.80 Å². The van der Waals surface area contributed by atoms with Crippen molar-refractivity contribution in [2.45, 2.75) is 71.0 Å². The summed E-state index contributed by atoms with van der Waals surface area (Å²) in [5, 5.41) is 15.3. The Morgan fingerprint density at radius 2 is 1.85 bits per heavy atom. The number of alkyl halides is 3. The number of fused-ring (bicyclic) bond motifs is 2. The SMILES string of the molecule is Cc1c(CN2CCC(Nc3ncnc4sc(CC(F)(F)F)cc34)CC2)ccc2c1cc(C#N)n2CC(C)N1CCN(S(=O)(=O)NCCn2ccnc2)CC1. The number of thiophene rings is 1. The number of halogens is 3. The fourth-order valence-electron chi connectivity index (χ4n) is 7.54. The van der Waals surface area contributed by atoms with Crippen LogP contribution >= 0.6 is 11.3 Å². The lowest BCUT2D eigenvalue weighted by molar-refractivity contribution is -0.126. The molecule has 0 saturated carbocycles. The number of rotatable bonds is 13. The maximum Gasteiger partial charge on any atom is 0.393 e. The molecule has 5 aromatic rings. The van der Waals surface area contributed by atoms with Gasteiger partial charge in [-0.15, -0.1) is 11.3 Å². The first kappa shape index (κ1) is 38.2. The van der Waals surface area contributed by atoms with Crippen LogP contribution in [0.15, 0.2) is 49.3 Å². The smallest absolute Gasteiger partial charge is 0.367 e. The summed E-state index contributed by atoms with van der Waals surface area (Å²) < 4.78 is 72.9. The molecule has 2 saturated heterocycles. The molecule has 0 spiro atoms. The molecule has 7 rings (SSSR count). The van der Waals surface area contributed by atoms with Crippen LogP contribution in [0, 0.1) is 18.3 Å². The molecule has 0 amide bonds. The number of nitrogens with zero attached hydrogens (tertiary/aromatic N) is 9. The summed E-state index contributed by atoms with van der Waals surface area (Å²) in [6.45, 7) is 10.1. The molecule has 4 aromatic heterocycles. The van der Waals surface area contributed by atoms with Gasteiger partial charge in [-0.2, -0.15) is 31.2 Å². The zero-order valence-electron chi connectivity index (χ0n) is 30.3. The quantitative estimate of drug-likeness (QED) is 0.173. The van der Waals surface area contributed by atoms with Gasteiger partial charge in [0.05, 0.1) is 18.1 Å². The minimum Gasteiger partial charge on any atom is -0.367 e. The lowest BCUT2D eigenvalue weighted by Gasteiger charge is -2.37. The first-order chi connectivity index (χ1) is 25.9. The number of nitrogens with one attached hydrogen (secondary N) is 2. The van der Waals surface area contributed by atoms with E-state index < -0.39 is 22.8 Å². The molecule has 0 radical (unpaired) electrons. The van der Waals surface area contributed by atoms with Crippen molar-refractivity contribution in [1.29, 1.82) is 5.26 Å². The minimum absolute atomic E-state index is 0.0850. The van der Waals surface area contributed by atoms with Gasteiger partial charge < -0.3 is 14.5 Å². The van der Waals surface area contributed by atoms with Gasteiger partial charge in [0.15, 0.2) is 0 Å². The van der Waals surface area contributed by atoms with Crippen LogP contribution in [0.1, 0.15) is 41.5 Å². The standard InChI is InChI=1S/C36H44F3N11O2S2/c1-25(48-13-15-49(16-14-48)54(51,52)44-8-12-47-11-7-41-24-47)21-50-29(20-40)17-31-26(2)27(3-4-33(31)50)22-46-9-5-28(6-10-46)45-34-32-18-30(19-36(37,38)39)53-35(32)43-23-42-34/h3-4,7,11,17-18,23-25,28,44H,5-6,8-10,12-16,19,21-22H2,1-2H3,(H,42,43,45). The largest absolute Gasteiger partial charge is 0.393 e. The van der Waals surface area contributed by atoms with Crippen molar-refractivity contribution in [3.05, 3.63) is 71.0 Å². The molecule has 18 heteroatoms. The molecular weight excluding hydrogens is 740 g/mol. The number of benzene rings is 1. The van der Waals surface area contributed by atoms with E-state index in [2.05, 4.69) is 71.4 Å². The molecule has 6 heterocycles. The Bertz CT molecular complexity index is 2220. The number of piperazine rings is 1. The van der Waals surface area contributed by atoms with Gasteiger partial charge in [-0.1, -0.05) is 6.07 Å². The second-order valence-electron chi connectivity index (χ2n) is 14.2. The monoisotopic (exact) mass is 783 g/mol. The van der Waals surface area contributed by atoms with Gasteiger partial charge >= 0.3 is 6.18 Å². The topological polar surface area (TPSA) is 140 Å². The zero-order valence-corrected chi connectivity index (χ0v) is 31.9. The lowest BCUT2D eigenvalue weighted by atomic mass is 10.0. The summed E-state index contributed by atoms with van der Waals surface area (Å²) in [5.41, 5.74) is 3.95. The number of anilines is 1. The van der Waals surface area contributed by atoms with Crippen molar-refractivity contribution in [3.8, 4) is 6.07 Å². The molecule has 1 atom stereocenters. The summed E-state index contributed by atoms with van der Waals surface area (Å²) in [6.07, 6.45) is 3.00. The lowest BCUT2D eigenvalue weighted by Crippen LogP contribution is -2.54. The van der Waals surface area contributed by atoms with Crippen molar-refractivity contribution in [2.75, 3.05) is 51.1 Å². The molecule has 13 nitrogen and oxygen atoms in total. The number of aryl methyl sites for hydroxylation is 1. The van der Waals surface area contributed by atoms with E-state index in [0.717, 1.165) is 60.3 Å². The average Bonchev–Trinajstić information content (AvgIpc) is 3.89. The van der Waals surface area contributed by atoms with Crippen molar-refractivity contribution >= 4 is 48.5 Å². The number of imidazole rings is 1. The van der Waals surface area contributed by atoms with Gasteiger partial charge in [-0.05, 0) is 56.0 Å². The molecule has 1 unspecified atom stereocenters. The summed E-state index contributed by atoms with van der Waals surface area (Å²) >= 11 is 1.05. The predicted molar refractivity (Wildman–Crippen MR) is 202 cm³/mol. The normalized spacial score (nSPS) is 17.7. The molecule has 0 aliphatic carbocycles. The zero-order chi connectivity index (χ0) is 38.0. The molecule has 288 valence electrons. The third-order valence-corrected chi connectivity index (χ3v) is 13.2. The Morgan fingerprint density at radius 1 is 1.07 bits per heavy atom. The van der Waals surface area contributed by atoms with Crippen molar-refractivity contribution < 1.29 is 21.6 Å². The van der Waals surface area contributed by atoms with Crippen LogP contribution in [0.4, 0.5) is 19.0 Å². The van der Waals surface area contributed by atoms with Crippen LogP contribution in [0.3, 0.4) is 0 Å². The highest BCUT2D eigenvalue weighted by Gasteiger charge is 2.31. The van der Waals surface area contributed by atoms with Crippen LogP contribution in [0.5, 0.6) is 0 Å². The Hall–Kier alpha value is -4.12. The van der Waals surface area contributed by atoms with Crippen LogP contribution in [-0.4, -0.2) is 111 Å². The van der Waals surface area contributed by atoms with E-state index in [9.17, 15) is 26.9 Å². The number of hydrogen-bond acceptors (Lipinski definition) is 10. The number of hydrogen-bond donors (Lipinski definition) is 2. The average molecular weight is 784 g/mol. The van der Waals surface area contributed by atoms with Crippen LogP contribution in [-0.2, 0) is 36.3 Å². The second kappa shape index (κ2) is 15.9. The fourth-order valence-corrected chi connectivity index (χ4v) is 9.74. The van der Waals surface area contributed by atoms with Gasteiger partial charge in [0.1, 0.15) is 28.7 Å². The van der Waals surface area contributed by atoms with E-state index in [1.54, 1.807) is 24.8 Å². The third-order valence-electron chi connectivity index (χ3n) is 10.6. The second-order valence-corrected chi connectivity index (χ2v) is 17.0. The van der Waals surface area contributed by atoms with Crippen LogP contribution in [0.2, 0.25) is 0 Å². The van der Waals surface area contributed by atoms with Crippen molar-refractivity contribution in [3.63, 3.8) is 0 Å². The van der Waals surface area contributed by atoms with E-state index in [1.807, 2.05) is 10.6 Å². The Kier molecular flexibility index (Phi) is 11.3. The maximum absolute atomic E-state index is 13.0. The van der Waals surface area contributed by atoms with Crippen molar-refractivity contribution in [1.82, 2.24) is 42.9 Å². The van der Waals surface area contributed by atoms with Gasteiger partial charge in [0, 0.05) is 106 Å². The Labute approximate surface area is 316 Å². The summed E-state index contributed by atoms with van der Waals surface area (Å²) in [7, 11) is -3.59. The molecule has 1 aromatic carbocycles. The van der Waals surface area contributed by atoms with E-state index >= 15 is 0 Å². The highest BCUT2D eigenvalue weighted by atomic mass is 32.2. The number of likely N-dealkylation sites (tertiary alicyclic amines) is 1. The van der Waals surface area contributed by atoms with Gasteiger partial charge in [-0.25, -0.2) is 19.7 Å². The summed E-state index contributed by atoms with van der Waals surface area (Å²) in [4.78, 5) is 18.0. The molecule has 2 aliphatic heterocycles. The van der Waals surface area contributed by atoms with Crippen molar-refractivity contribution in [2.24, 2.45) is 0 Å². The number of piperidine rings is 1. The molecule has 0 bridgehead atoms. The molecule has 54 heavy (non-hydrogen) atoms. The number of aromatic nitrogens is 5. The first-order valence-electron chi connectivity index (χ1n) is 18.1. The first-order valence-corrected chi connectivity index (χ1v) is 20.4. The molecule has 2 N–H and O–H groups in total. The predicted octanol–water partition coefficient (Wildman–Crippen LogP) is 4.74. The third kappa shape index (κ3) is 8.72. The number of nitriles is 1. The summed E-state index contributed by atoms with van der Waals surface area (Å²) in [5.74, 6) is 0.581. The van der Waals surface area contributed by atoms with Crippen LogP contribution in [0.25, 0.3) is 21.1 Å². The molecule has 2 aliphatic rings. The van der Waals surface area contributed by atoms with E-state index in [4.69, 9.17) is 0 Å². The van der Waals surface area contributed by atoms with E-state index in [0.29, 0.717) is 61.0 Å². The summed E-state index contributed by atoms with van der Waals surface area (Å²) in [6, 6.07) is 10.4. The fraction of sp³-hybridized carbons (Fsp3) is 0.500. The van der Waals surface area contributed by atoms with Gasteiger partial charge in [0.2, 0.25) is 0 Å². The maximum atomic E-state index is 13.0. The van der Waals surface area contributed by atoms with E-state index in [-0.39, 0.29) is 23.5 Å². The molecular formula is C36H44F3N11O2S2. The highest BCUT2D eigenvalue weighted by Crippen LogP contribution is 2.34. The van der Waals surface area contributed by atoms with Gasteiger partial charge in [0.25, 0.3) is 10.2 Å². The van der Waals surface area contributed by atoms with Crippen LogP contribution < -0.4 is 10.0 Å².